The van der Waals surface area contributed by atoms with Crippen LogP contribution in [0, 0.1) is 23.7 Å². The Hall–Kier alpha value is -1.12. The van der Waals surface area contributed by atoms with Crippen LogP contribution in [0.4, 0.5) is 5.82 Å². The Morgan fingerprint density at radius 1 is 1.10 bits per heavy atom. The highest BCUT2D eigenvalue weighted by Crippen LogP contribution is 2.60. The smallest absolute Gasteiger partial charge is 0.130 e. The Labute approximate surface area is 121 Å². The Morgan fingerprint density at radius 2 is 1.75 bits per heavy atom. The van der Waals surface area contributed by atoms with Gasteiger partial charge in [0.2, 0.25) is 0 Å². The summed E-state index contributed by atoms with van der Waals surface area (Å²) in [6, 6.07) is 0. The number of anilines is 1. The van der Waals surface area contributed by atoms with E-state index in [-0.39, 0.29) is 0 Å². The predicted octanol–water partition coefficient (Wildman–Crippen LogP) is 3.55. The first-order valence-corrected chi connectivity index (χ1v) is 8.35. The van der Waals surface area contributed by atoms with Crippen LogP contribution in [0.5, 0.6) is 0 Å². The van der Waals surface area contributed by atoms with Gasteiger partial charge < -0.3 is 5.73 Å². The van der Waals surface area contributed by atoms with Crippen LogP contribution in [0.3, 0.4) is 0 Å². The highest BCUT2D eigenvalue weighted by molar-refractivity contribution is 5.42. The molecule has 0 aromatic carbocycles. The van der Waals surface area contributed by atoms with Crippen molar-refractivity contribution in [2.45, 2.75) is 57.8 Å². The summed E-state index contributed by atoms with van der Waals surface area (Å²) in [4.78, 5) is 9.13. The SMILES string of the molecule is CCCc1ncc(C2C3CC4CC(C3)CC2C4)c(N)n1. The van der Waals surface area contributed by atoms with E-state index < -0.39 is 0 Å². The van der Waals surface area contributed by atoms with Crippen molar-refractivity contribution in [3.63, 3.8) is 0 Å². The maximum atomic E-state index is 6.28. The number of nitrogens with two attached hydrogens (primary N) is 1. The fourth-order valence-electron chi connectivity index (χ4n) is 5.48. The molecule has 3 heteroatoms. The summed E-state index contributed by atoms with van der Waals surface area (Å²) in [5.74, 6) is 6.06. The molecule has 1 aromatic rings. The highest BCUT2D eigenvalue weighted by Gasteiger charge is 2.49. The van der Waals surface area contributed by atoms with Gasteiger partial charge in [0.1, 0.15) is 11.6 Å². The largest absolute Gasteiger partial charge is 0.383 e. The third-order valence-electron chi connectivity index (χ3n) is 5.96. The lowest BCUT2D eigenvalue weighted by Gasteiger charge is -2.54. The van der Waals surface area contributed by atoms with Crippen LogP contribution in [0.25, 0.3) is 0 Å². The van der Waals surface area contributed by atoms with Gasteiger partial charge in [0.25, 0.3) is 0 Å². The summed E-state index contributed by atoms with van der Waals surface area (Å²) in [7, 11) is 0. The molecule has 0 amide bonds. The molecule has 20 heavy (non-hydrogen) atoms. The molecule has 2 N–H and O–H groups in total. The quantitative estimate of drug-likeness (QED) is 0.914. The third-order valence-corrected chi connectivity index (χ3v) is 5.96. The Morgan fingerprint density at radius 3 is 2.30 bits per heavy atom. The van der Waals surface area contributed by atoms with Gasteiger partial charge in [0.05, 0.1) is 0 Å². The standard InChI is InChI=1S/C17H25N3/c1-2-3-15-19-9-14(17(18)20-15)16-12-5-10-4-11(7-12)8-13(16)6-10/h9-13,16H,2-8H2,1H3,(H2,18,19,20). The fraction of sp³-hybridized carbons (Fsp3) is 0.765. The maximum absolute atomic E-state index is 6.28. The molecule has 0 unspecified atom stereocenters. The Bertz CT molecular complexity index is 483. The maximum Gasteiger partial charge on any atom is 0.130 e. The molecule has 4 saturated carbocycles. The van der Waals surface area contributed by atoms with E-state index in [0.717, 1.165) is 48.2 Å². The molecule has 5 rings (SSSR count). The van der Waals surface area contributed by atoms with Gasteiger partial charge in [-0.05, 0) is 68.1 Å². The Balaban J connectivity index is 1.64. The van der Waals surface area contributed by atoms with Crippen molar-refractivity contribution in [2.75, 3.05) is 5.73 Å². The number of aryl methyl sites for hydroxylation is 1. The van der Waals surface area contributed by atoms with E-state index in [1.807, 2.05) is 0 Å². The zero-order valence-electron chi connectivity index (χ0n) is 12.4. The second kappa shape index (κ2) is 4.71. The van der Waals surface area contributed by atoms with Crippen LogP contribution in [0.2, 0.25) is 0 Å². The Kier molecular flexibility index (Phi) is 2.97. The molecule has 1 aromatic heterocycles. The molecule has 0 atom stereocenters. The van der Waals surface area contributed by atoms with Crippen LogP contribution >= 0.6 is 0 Å². The topological polar surface area (TPSA) is 51.8 Å². The molecule has 1 heterocycles. The van der Waals surface area contributed by atoms with Gasteiger partial charge in [-0.2, -0.15) is 0 Å². The van der Waals surface area contributed by atoms with E-state index in [2.05, 4.69) is 23.1 Å². The van der Waals surface area contributed by atoms with Crippen molar-refractivity contribution in [2.24, 2.45) is 23.7 Å². The minimum absolute atomic E-state index is 0.651. The van der Waals surface area contributed by atoms with Crippen LogP contribution in [0.1, 0.15) is 62.8 Å². The summed E-state index contributed by atoms with van der Waals surface area (Å²) >= 11 is 0. The van der Waals surface area contributed by atoms with E-state index >= 15 is 0 Å². The lowest BCUT2D eigenvalue weighted by atomic mass is 9.51. The third kappa shape index (κ3) is 1.94. The summed E-state index contributed by atoms with van der Waals surface area (Å²) in [6.07, 6.45) is 11.3. The van der Waals surface area contributed by atoms with E-state index in [4.69, 9.17) is 5.73 Å². The first-order chi connectivity index (χ1) is 9.74. The average molecular weight is 271 g/mol. The monoisotopic (exact) mass is 271 g/mol. The normalized spacial score (nSPS) is 38.4. The first-order valence-electron chi connectivity index (χ1n) is 8.35. The summed E-state index contributed by atoms with van der Waals surface area (Å²) in [5, 5.41) is 0. The van der Waals surface area contributed by atoms with E-state index in [1.165, 1.54) is 37.7 Å². The van der Waals surface area contributed by atoms with Gasteiger partial charge in [-0.1, -0.05) is 6.92 Å². The zero-order valence-corrected chi connectivity index (χ0v) is 12.4. The van der Waals surface area contributed by atoms with Crippen molar-refractivity contribution in [3.05, 3.63) is 17.6 Å². The molecular formula is C17H25N3. The lowest BCUT2D eigenvalue weighted by molar-refractivity contribution is -0.00275. The predicted molar refractivity (Wildman–Crippen MR) is 80.2 cm³/mol. The van der Waals surface area contributed by atoms with Gasteiger partial charge in [-0.15, -0.1) is 0 Å². The molecule has 0 saturated heterocycles. The molecule has 3 nitrogen and oxygen atoms in total. The van der Waals surface area contributed by atoms with E-state index in [0.29, 0.717) is 5.92 Å². The molecule has 0 spiro atoms. The molecule has 0 radical (unpaired) electrons. The second-order valence-corrected chi connectivity index (χ2v) is 7.33. The number of nitrogens with zero attached hydrogens (tertiary/aromatic N) is 2. The van der Waals surface area contributed by atoms with Crippen LogP contribution in [0.15, 0.2) is 6.20 Å². The minimum atomic E-state index is 0.651. The van der Waals surface area contributed by atoms with Crippen LogP contribution in [-0.2, 0) is 6.42 Å². The molecule has 4 aliphatic rings. The summed E-state index contributed by atoms with van der Waals surface area (Å²) < 4.78 is 0. The molecule has 4 aliphatic carbocycles. The molecular weight excluding hydrogens is 246 g/mol. The molecule has 4 fully saturated rings. The number of hydrogen-bond acceptors (Lipinski definition) is 3. The van der Waals surface area contributed by atoms with Crippen molar-refractivity contribution >= 4 is 5.82 Å². The van der Waals surface area contributed by atoms with Crippen molar-refractivity contribution in [1.29, 1.82) is 0 Å². The van der Waals surface area contributed by atoms with Crippen molar-refractivity contribution in [3.8, 4) is 0 Å². The van der Waals surface area contributed by atoms with Crippen LogP contribution < -0.4 is 5.73 Å². The lowest BCUT2D eigenvalue weighted by Crippen LogP contribution is -2.44. The van der Waals surface area contributed by atoms with Gasteiger partial charge in [0.15, 0.2) is 0 Å². The van der Waals surface area contributed by atoms with Gasteiger partial charge in [0, 0.05) is 18.2 Å². The second-order valence-electron chi connectivity index (χ2n) is 7.33. The number of hydrogen-bond donors (Lipinski definition) is 1. The minimum Gasteiger partial charge on any atom is -0.383 e. The highest BCUT2D eigenvalue weighted by atomic mass is 14.9. The van der Waals surface area contributed by atoms with Gasteiger partial charge >= 0.3 is 0 Å². The number of nitrogen functional groups attached to an aromatic ring is 1. The number of aromatic nitrogens is 2. The molecule has 0 aliphatic heterocycles. The van der Waals surface area contributed by atoms with Crippen LogP contribution in [-0.4, -0.2) is 9.97 Å². The fourth-order valence-corrected chi connectivity index (χ4v) is 5.48. The van der Waals surface area contributed by atoms with Gasteiger partial charge in [-0.3, -0.25) is 0 Å². The van der Waals surface area contributed by atoms with Gasteiger partial charge in [-0.25, -0.2) is 9.97 Å². The summed E-state index contributed by atoms with van der Waals surface area (Å²) in [5.41, 5.74) is 7.54. The first kappa shape index (κ1) is 12.6. The zero-order chi connectivity index (χ0) is 13.7. The van der Waals surface area contributed by atoms with E-state index in [9.17, 15) is 0 Å². The van der Waals surface area contributed by atoms with E-state index in [1.54, 1.807) is 0 Å². The molecule has 108 valence electrons. The van der Waals surface area contributed by atoms with Crippen molar-refractivity contribution < 1.29 is 0 Å². The summed E-state index contributed by atoms with van der Waals surface area (Å²) in [6.45, 7) is 2.16. The average Bonchev–Trinajstić information content (AvgIpc) is 2.40. The molecule has 4 bridgehead atoms. The number of rotatable bonds is 3. The van der Waals surface area contributed by atoms with Crippen molar-refractivity contribution in [1.82, 2.24) is 9.97 Å².